The number of hydrogen-bond donors (Lipinski definition) is 3. The largest absolute Gasteiger partial charge is 0.472 e. The van der Waals surface area contributed by atoms with Crippen LogP contribution in [0.15, 0.2) is 74.9 Å². The van der Waals surface area contributed by atoms with Crippen molar-refractivity contribution in [2.75, 3.05) is 0 Å². The molecule has 0 aliphatic heterocycles. The minimum Gasteiger partial charge on any atom is -0.472 e. The molecule has 5 nitrogen and oxygen atoms in total. The number of nitrogens with one attached hydrogen (secondary N) is 2. The third kappa shape index (κ3) is 4.90. The molecule has 0 saturated carbocycles. The van der Waals surface area contributed by atoms with E-state index in [1.807, 2.05) is 30.3 Å². The topological polar surface area (TPSA) is 81.6 Å². The van der Waals surface area contributed by atoms with Gasteiger partial charge in [0.1, 0.15) is 12.1 Å². The average Bonchev–Trinajstić information content (AvgIpc) is 3.11. The van der Waals surface area contributed by atoms with Gasteiger partial charge >= 0.3 is 0 Å². The molecule has 7 heteroatoms. The van der Waals surface area contributed by atoms with Crippen molar-refractivity contribution in [3.8, 4) is 0 Å². The molecule has 0 aliphatic carbocycles. The Morgan fingerprint density at radius 3 is 2.63 bits per heavy atom. The minimum absolute atomic E-state index is 0.157. The summed E-state index contributed by atoms with van der Waals surface area (Å²) in [7, 11) is 0. The number of hydrogen-bond acceptors (Lipinski definition) is 4. The highest BCUT2D eigenvalue weighted by atomic mass is 79.9. The van der Waals surface area contributed by atoms with Gasteiger partial charge in [0.2, 0.25) is 0 Å². The summed E-state index contributed by atoms with van der Waals surface area (Å²) in [5, 5.41) is 17.8. The zero-order chi connectivity index (χ0) is 19.2. The summed E-state index contributed by atoms with van der Waals surface area (Å²) in [6, 6.07) is 14.0. The Morgan fingerprint density at radius 1 is 1.15 bits per heavy atom. The number of furan rings is 1. The van der Waals surface area contributed by atoms with Gasteiger partial charge in [-0.3, -0.25) is 10.7 Å². The van der Waals surface area contributed by atoms with Crippen molar-refractivity contribution in [2.45, 2.75) is 12.8 Å². The Balaban J connectivity index is 1.80. The normalized spacial score (nSPS) is 11.4. The molecule has 0 atom stereocenters. The number of halogens is 2. The molecule has 1 aromatic heterocycles. The van der Waals surface area contributed by atoms with E-state index in [0.717, 1.165) is 11.1 Å². The van der Waals surface area contributed by atoms with E-state index in [-0.39, 0.29) is 10.3 Å². The van der Waals surface area contributed by atoms with Gasteiger partial charge in [0, 0.05) is 24.1 Å². The Labute approximate surface area is 164 Å². The molecule has 3 aromatic rings. The van der Waals surface area contributed by atoms with E-state index >= 15 is 0 Å². The molecule has 0 radical (unpaired) electrons. The van der Waals surface area contributed by atoms with Crippen LogP contribution in [0.25, 0.3) is 0 Å². The van der Waals surface area contributed by atoms with E-state index in [1.54, 1.807) is 0 Å². The number of amidine groups is 1. The Bertz CT molecular complexity index is 970. The summed E-state index contributed by atoms with van der Waals surface area (Å²) in [4.78, 5) is 4.30. The molecule has 0 saturated heterocycles. The van der Waals surface area contributed by atoms with E-state index in [1.165, 1.54) is 30.7 Å². The first-order valence-corrected chi connectivity index (χ1v) is 8.95. The zero-order valence-corrected chi connectivity index (χ0v) is 15.8. The van der Waals surface area contributed by atoms with Crippen molar-refractivity contribution in [3.63, 3.8) is 0 Å². The fourth-order valence-electron chi connectivity index (χ4n) is 2.63. The molecule has 27 heavy (non-hydrogen) atoms. The van der Waals surface area contributed by atoms with E-state index in [2.05, 4.69) is 26.4 Å². The molecular weight excluding hydrogens is 413 g/mol. The second-order valence-corrected chi connectivity index (χ2v) is 6.78. The molecule has 138 valence electrons. The standard InChI is InChI=1S/C20H17BrFN3O2/c21-18-10-16(6-7-19(18)22)24-20(25-26)17-12-27-11-14(17)9-15(23)8-13-4-2-1-3-5-13/h1-7,10-12,23,26H,8-9H2,(H,24,25). The van der Waals surface area contributed by atoms with E-state index in [4.69, 9.17) is 9.83 Å². The first kappa shape index (κ1) is 19.0. The smallest absolute Gasteiger partial charge is 0.160 e. The number of hydroxylamine groups is 1. The third-order valence-corrected chi connectivity index (χ3v) is 4.52. The summed E-state index contributed by atoms with van der Waals surface area (Å²) >= 11 is 3.11. The summed E-state index contributed by atoms with van der Waals surface area (Å²) in [6.45, 7) is 0. The molecule has 2 aromatic carbocycles. The maximum absolute atomic E-state index is 13.4. The van der Waals surface area contributed by atoms with Gasteiger partial charge in [-0.25, -0.2) is 9.38 Å². The Hall–Kier alpha value is -2.77. The van der Waals surface area contributed by atoms with Crippen molar-refractivity contribution >= 4 is 33.2 Å². The Morgan fingerprint density at radius 2 is 1.93 bits per heavy atom. The van der Waals surface area contributed by atoms with Crippen LogP contribution in [-0.2, 0) is 12.8 Å². The zero-order valence-electron chi connectivity index (χ0n) is 14.2. The fraction of sp³-hybridized carbons (Fsp3) is 0.100. The second-order valence-electron chi connectivity index (χ2n) is 5.92. The van der Waals surface area contributed by atoms with Crippen molar-refractivity contribution in [2.24, 2.45) is 4.99 Å². The lowest BCUT2D eigenvalue weighted by atomic mass is 10.0. The molecule has 0 aliphatic rings. The van der Waals surface area contributed by atoms with Crippen LogP contribution < -0.4 is 5.48 Å². The second kappa shape index (κ2) is 8.75. The molecule has 0 bridgehead atoms. The first-order chi connectivity index (χ1) is 13.1. The van der Waals surface area contributed by atoms with Crippen LogP contribution in [0.5, 0.6) is 0 Å². The van der Waals surface area contributed by atoms with Crippen LogP contribution in [0.4, 0.5) is 10.1 Å². The fourth-order valence-corrected chi connectivity index (χ4v) is 3.00. The molecule has 3 N–H and O–H groups in total. The number of nitrogens with zero attached hydrogens (tertiary/aromatic N) is 1. The summed E-state index contributed by atoms with van der Waals surface area (Å²) < 4.78 is 18.9. The van der Waals surface area contributed by atoms with Gasteiger partial charge in [0.15, 0.2) is 5.84 Å². The predicted octanol–water partition coefficient (Wildman–Crippen LogP) is 5.04. The van der Waals surface area contributed by atoms with E-state index in [0.29, 0.717) is 29.8 Å². The van der Waals surface area contributed by atoms with Gasteiger partial charge in [-0.2, -0.15) is 0 Å². The van der Waals surface area contributed by atoms with Crippen LogP contribution in [0.1, 0.15) is 16.7 Å². The molecule has 0 amide bonds. The highest BCUT2D eigenvalue weighted by Crippen LogP contribution is 2.23. The van der Waals surface area contributed by atoms with Crippen molar-refractivity contribution < 1.29 is 14.0 Å². The molecule has 1 heterocycles. The number of rotatable bonds is 6. The molecule has 3 rings (SSSR count). The number of aliphatic imine (C=N–C) groups is 1. The van der Waals surface area contributed by atoms with Crippen LogP contribution >= 0.6 is 15.9 Å². The third-order valence-electron chi connectivity index (χ3n) is 3.91. The predicted molar refractivity (Wildman–Crippen MR) is 106 cm³/mol. The van der Waals surface area contributed by atoms with Gasteiger partial charge in [-0.1, -0.05) is 30.3 Å². The SMILES string of the molecule is N=C(Cc1ccccc1)Cc1cocc1C(=Nc1ccc(F)c(Br)c1)NO. The molecular formula is C20H17BrFN3O2. The first-order valence-electron chi connectivity index (χ1n) is 8.16. The summed E-state index contributed by atoms with van der Waals surface area (Å²) in [5.41, 5.74) is 5.33. The van der Waals surface area contributed by atoms with Crippen molar-refractivity contribution in [1.29, 1.82) is 5.41 Å². The lowest BCUT2D eigenvalue weighted by molar-refractivity contribution is 0.235. The van der Waals surface area contributed by atoms with Crippen molar-refractivity contribution in [1.82, 2.24) is 5.48 Å². The minimum atomic E-state index is -0.397. The van der Waals surface area contributed by atoms with Crippen LogP contribution in [-0.4, -0.2) is 16.8 Å². The van der Waals surface area contributed by atoms with Gasteiger partial charge in [0.25, 0.3) is 0 Å². The van der Waals surface area contributed by atoms with Gasteiger partial charge in [-0.15, -0.1) is 0 Å². The lowest BCUT2D eigenvalue weighted by Gasteiger charge is -2.08. The average molecular weight is 430 g/mol. The van der Waals surface area contributed by atoms with E-state index in [9.17, 15) is 9.60 Å². The van der Waals surface area contributed by atoms with E-state index < -0.39 is 5.82 Å². The lowest BCUT2D eigenvalue weighted by Crippen LogP contribution is -2.21. The highest BCUT2D eigenvalue weighted by molar-refractivity contribution is 9.10. The Kier molecular flexibility index (Phi) is 6.16. The van der Waals surface area contributed by atoms with Crippen LogP contribution in [0, 0.1) is 11.2 Å². The van der Waals surface area contributed by atoms with Gasteiger partial charge in [-0.05, 0) is 39.7 Å². The molecule has 0 unspecified atom stereocenters. The molecule has 0 spiro atoms. The van der Waals surface area contributed by atoms with Crippen LogP contribution in [0.3, 0.4) is 0 Å². The maximum Gasteiger partial charge on any atom is 0.160 e. The van der Waals surface area contributed by atoms with Gasteiger partial charge < -0.3 is 9.83 Å². The quantitative estimate of drug-likeness (QED) is 0.291. The number of benzene rings is 2. The summed E-state index contributed by atoms with van der Waals surface area (Å²) in [6.07, 6.45) is 3.86. The molecule has 0 fully saturated rings. The summed E-state index contributed by atoms with van der Waals surface area (Å²) in [5.74, 6) is -0.240. The van der Waals surface area contributed by atoms with Gasteiger partial charge in [0.05, 0.1) is 22.0 Å². The highest BCUT2D eigenvalue weighted by Gasteiger charge is 2.14. The van der Waals surface area contributed by atoms with Crippen molar-refractivity contribution in [3.05, 3.63) is 88.0 Å². The maximum atomic E-state index is 13.4. The van der Waals surface area contributed by atoms with Crippen LogP contribution in [0.2, 0.25) is 0 Å². The monoisotopic (exact) mass is 429 g/mol.